The molecule has 1 fully saturated rings. The average molecular weight is 582 g/mol. The summed E-state index contributed by atoms with van der Waals surface area (Å²) in [6.07, 6.45) is 7.80. The molecule has 1 saturated heterocycles. The van der Waals surface area contributed by atoms with Crippen LogP contribution in [0.15, 0.2) is 73.2 Å². The van der Waals surface area contributed by atoms with Crippen molar-refractivity contribution < 1.29 is 18.7 Å². The minimum Gasteiger partial charge on any atom is -0.461 e. The van der Waals surface area contributed by atoms with E-state index in [2.05, 4.69) is 59.8 Å². The first-order valence-electron chi connectivity index (χ1n) is 14.4. The largest absolute Gasteiger partial charge is 0.461 e. The summed E-state index contributed by atoms with van der Waals surface area (Å²) in [6, 6.07) is 16.9. The van der Waals surface area contributed by atoms with Gasteiger partial charge in [0, 0.05) is 42.9 Å². The van der Waals surface area contributed by atoms with Crippen molar-refractivity contribution in [1.82, 2.24) is 30.2 Å². The first kappa shape index (κ1) is 28.2. The predicted molar refractivity (Wildman–Crippen MR) is 161 cm³/mol. The van der Waals surface area contributed by atoms with Crippen molar-refractivity contribution in [1.29, 1.82) is 0 Å². The van der Waals surface area contributed by atoms with E-state index >= 15 is 0 Å². The number of aromatic amines is 1. The van der Waals surface area contributed by atoms with Crippen LogP contribution in [0.4, 0.5) is 15.1 Å². The maximum absolute atomic E-state index is 14.8. The highest BCUT2D eigenvalue weighted by molar-refractivity contribution is 5.98. The molecule has 0 radical (unpaired) electrons. The molecule has 2 atom stereocenters. The molecule has 5 aromatic rings. The third-order valence-electron chi connectivity index (χ3n) is 7.37. The molecule has 1 aliphatic heterocycles. The monoisotopic (exact) mass is 581 g/mol. The number of carbonyl (C=O) groups is 1. The zero-order valence-corrected chi connectivity index (χ0v) is 23.7. The number of imidazole rings is 1. The lowest BCUT2D eigenvalue weighted by Gasteiger charge is -2.29. The number of urea groups is 1. The number of ether oxygens (including phenoxy) is 2. The standard InChI is InChI=1S/C32H32FN7O3/c1-2-34-31(41)40-30-38-27-16-22(15-25(29(27)39-30)28-26(33)9-6-11-35-28)23-17-36-32(37-18-23)43-19-24-14-21(10-12-42-24)13-20-7-4-3-5-8-20/h3-9,11,15-18,21,24H,2,10,12-14,19H2,1H3,(H3,34,38,39,40,41). The van der Waals surface area contributed by atoms with E-state index in [1.54, 1.807) is 18.5 Å². The SMILES string of the molecule is CCNC(=O)Nc1nc2c(-c3ncccc3F)cc(-c3cnc(OCC4CC(Cc5ccccc5)CCO4)nc3)cc2[nH]1. The number of anilines is 1. The zero-order chi connectivity index (χ0) is 29.6. The fraction of sp³-hybridized carbons (Fsp3) is 0.281. The van der Waals surface area contributed by atoms with Gasteiger partial charge in [0.15, 0.2) is 0 Å². The molecule has 0 aliphatic carbocycles. The van der Waals surface area contributed by atoms with Crippen LogP contribution in [0.25, 0.3) is 33.4 Å². The van der Waals surface area contributed by atoms with E-state index in [4.69, 9.17) is 9.47 Å². The number of aromatic nitrogens is 5. The Morgan fingerprint density at radius 3 is 2.72 bits per heavy atom. The van der Waals surface area contributed by atoms with Crippen molar-refractivity contribution in [2.75, 3.05) is 25.1 Å². The molecule has 0 bridgehead atoms. The van der Waals surface area contributed by atoms with Crippen LogP contribution in [-0.2, 0) is 11.2 Å². The number of halogens is 1. The molecule has 2 unspecified atom stereocenters. The highest BCUT2D eigenvalue weighted by Crippen LogP contribution is 2.34. The van der Waals surface area contributed by atoms with Gasteiger partial charge in [-0.3, -0.25) is 10.3 Å². The van der Waals surface area contributed by atoms with Gasteiger partial charge in [0.1, 0.15) is 23.6 Å². The van der Waals surface area contributed by atoms with Crippen LogP contribution >= 0.6 is 0 Å². The Morgan fingerprint density at radius 1 is 1.09 bits per heavy atom. The van der Waals surface area contributed by atoms with Crippen LogP contribution in [0.2, 0.25) is 0 Å². The van der Waals surface area contributed by atoms with Crippen molar-refractivity contribution in [3.63, 3.8) is 0 Å². The van der Waals surface area contributed by atoms with Gasteiger partial charge in [-0.2, -0.15) is 0 Å². The van der Waals surface area contributed by atoms with E-state index < -0.39 is 11.8 Å². The van der Waals surface area contributed by atoms with E-state index in [0.717, 1.165) is 19.3 Å². The lowest BCUT2D eigenvalue weighted by molar-refractivity contribution is -0.0335. The molecule has 6 rings (SSSR count). The second-order valence-corrected chi connectivity index (χ2v) is 10.5. The minimum atomic E-state index is -0.488. The molecule has 4 heterocycles. The molecular weight excluding hydrogens is 549 g/mol. The van der Waals surface area contributed by atoms with Crippen molar-refractivity contribution in [3.8, 4) is 28.4 Å². The summed E-state index contributed by atoms with van der Waals surface area (Å²) in [5, 5.41) is 5.33. The quantitative estimate of drug-likeness (QED) is 0.201. The lowest BCUT2D eigenvalue weighted by Crippen LogP contribution is -2.31. The highest BCUT2D eigenvalue weighted by Gasteiger charge is 2.24. The fourth-order valence-corrected chi connectivity index (χ4v) is 5.34. The first-order valence-corrected chi connectivity index (χ1v) is 14.4. The van der Waals surface area contributed by atoms with Gasteiger partial charge in [0.25, 0.3) is 0 Å². The van der Waals surface area contributed by atoms with Gasteiger partial charge in [-0.05, 0) is 67.5 Å². The van der Waals surface area contributed by atoms with Crippen LogP contribution in [0.1, 0.15) is 25.3 Å². The molecule has 0 spiro atoms. The number of H-pyrrole nitrogens is 1. The molecule has 2 aromatic carbocycles. The van der Waals surface area contributed by atoms with Gasteiger partial charge in [-0.1, -0.05) is 30.3 Å². The molecule has 11 heteroatoms. The summed E-state index contributed by atoms with van der Waals surface area (Å²) >= 11 is 0. The molecule has 10 nitrogen and oxygen atoms in total. The Kier molecular flexibility index (Phi) is 8.50. The number of carbonyl (C=O) groups excluding carboxylic acids is 1. The second-order valence-electron chi connectivity index (χ2n) is 10.5. The number of rotatable bonds is 9. The Bertz CT molecular complexity index is 1700. The molecular formula is C32H32FN7O3. The zero-order valence-electron chi connectivity index (χ0n) is 23.7. The lowest BCUT2D eigenvalue weighted by atomic mass is 9.89. The van der Waals surface area contributed by atoms with Crippen LogP contribution in [-0.4, -0.2) is 56.8 Å². The van der Waals surface area contributed by atoms with Gasteiger partial charge in [-0.15, -0.1) is 0 Å². The van der Waals surface area contributed by atoms with Gasteiger partial charge >= 0.3 is 12.0 Å². The molecule has 220 valence electrons. The summed E-state index contributed by atoms with van der Waals surface area (Å²) in [5.41, 5.74) is 4.40. The second kappa shape index (κ2) is 13.0. The number of fused-ring (bicyclic) bond motifs is 1. The number of hydrogen-bond acceptors (Lipinski definition) is 7. The third kappa shape index (κ3) is 6.78. The van der Waals surface area contributed by atoms with E-state index in [1.807, 2.05) is 19.1 Å². The van der Waals surface area contributed by atoms with Crippen LogP contribution < -0.4 is 15.4 Å². The average Bonchev–Trinajstić information content (AvgIpc) is 3.43. The number of amides is 2. The fourth-order valence-electron chi connectivity index (χ4n) is 5.34. The smallest absolute Gasteiger partial charge is 0.321 e. The highest BCUT2D eigenvalue weighted by atomic mass is 19.1. The topological polar surface area (TPSA) is 127 Å². The Hall–Kier alpha value is -4.90. The van der Waals surface area contributed by atoms with Crippen molar-refractivity contribution >= 4 is 23.0 Å². The van der Waals surface area contributed by atoms with Crippen molar-refractivity contribution in [2.24, 2.45) is 5.92 Å². The molecule has 43 heavy (non-hydrogen) atoms. The molecule has 2 amide bonds. The number of nitrogens with one attached hydrogen (secondary N) is 3. The molecule has 3 aromatic heterocycles. The Morgan fingerprint density at radius 2 is 1.93 bits per heavy atom. The van der Waals surface area contributed by atoms with E-state index in [1.165, 1.54) is 23.9 Å². The molecule has 0 saturated carbocycles. The maximum Gasteiger partial charge on any atom is 0.321 e. The van der Waals surface area contributed by atoms with Crippen molar-refractivity contribution in [3.05, 3.63) is 84.6 Å². The third-order valence-corrected chi connectivity index (χ3v) is 7.37. The van der Waals surface area contributed by atoms with Crippen molar-refractivity contribution in [2.45, 2.75) is 32.3 Å². The van der Waals surface area contributed by atoms with Crippen LogP contribution in [0, 0.1) is 11.7 Å². The van der Waals surface area contributed by atoms with Gasteiger partial charge in [-0.25, -0.2) is 24.1 Å². The predicted octanol–water partition coefficient (Wildman–Crippen LogP) is 5.78. The summed E-state index contributed by atoms with van der Waals surface area (Å²) in [6.45, 7) is 3.36. The van der Waals surface area contributed by atoms with Gasteiger partial charge in [0.05, 0.1) is 11.6 Å². The van der Waals surface area contributed by atoms with Crippen LogP contribution in [0.3, 0.4) is 0 Å². The summed E-state index contributed by atoms with van der Waals surface area (Å²) < 4.78 is 26.7. The van der Waals surface area contributed by atoms with E-state index in [9.17, 15) is 9.18 Å². The Balaban J connectivity index is 1.19. The number of benzene rings is 2. The summed E-state index contributed by atoms with van der Waals surface area (Å²) in [4.78, 5) is 32.8. The molecule has 3 N–H and O–H groups in total. The maximum atomic E-state index is 14.8. The Labute approximate surface area is 248 Å². The summed E-state index contributed by atoms with van der Waals surface area (Å²) in [7, 11) is 0. The van der Waals surface area contributed by atoms with E-state index in [0.29, 0.717) is 53.4 Å². The molecule has 1 aliphatic rings. The van der Waals surface area contributed by atoms with Crippen LogP contribution in [0.5, 0.6) is 6.01 Å². The number of nitrogens with zero attached hydrogens (tertiary/aromatic N) is 4. The number of hydrogen-bond donors (Lipinski definition) is 3. The first-order chi connectivity index (χ1) is 21.1. The minimum absolute atomic E-state index is 0.0217. The van der Waals surface area contributed by atoms with Gasteiger partial charge < -0.3 is 19.8 Å². The van der Waals surface area contributed by atoms with Gasteiger partial charge in [0.2, 0.25) is 5.95 Å². The number of pyridine rings is 1. The summed E-state index contributed by atoms with van der Waals surface area (Å²) in [5.74, 6) is 0.282. The normalized spacial score (nSPS) is 16.6. The van der Waals surface area contributed by atoms with E-state index in [-0.39, 0.29) is 23.8 Å².